The molecule has 9 heteroatoms. The molecule has 2 aromatic carbocycles. The fourth-order valence-electron chi connectivity index (χ4n) is 3.67. The van der Waals surface area contributed by atoms with E-state index in [4.69, 9.17) is 11.6 Å². The summed E-state index contributed by atoms with van der Waals surface area (Å²) in [6.07, 6.45) is 4.46. The minimum Gasteiger partial charge on any atom is -0.320 e. The van der Waals surface area contributed by atoms with Crippen LogP contribution in [0.1, 0.15) is 17.0 Å². The molecule has 0 saturated heterocycles. The van der Waals surface area contributed by atoms with Crippen LogP contribution in [0.5, 0.6) is 0 Å². The highest BCUT2D eigenvalue weighted by atomic mass is 35.5. The number of benzene rings is 2. The number of anilines is 1. The van der Waals surface area contributed by atoms with E-state index in [-0.39, 0.29) is 6.03 Å². The van der Waals surface area contributed by atoms with E-state index < -0.39 is 0 Å². The Hall–Kier alpha value is -3.65. The average Bonchev–Trinajstić information content (AvgIpc) is 3.42. The molecule has 0 aliphatic carbocycles. The summed E-state index contributed by atoms with van der Waals surface area (Å²) < 4.78 is 3.66. The van der Waals surface area contributed by atoms with Crippen LogP contribution in [0.4, 0.5) is 10.5 Å². The van der Waals surface area contributed by atoms with E-state index in [9.17, 15) is 4.79 Å². The number of fused-ring (bicyclic) bond motifs is 1. The lowest BCUT2D eigenvalue weighted by atomic mass is 10.1. The van der Waals surface area contributed by atoms with Crippen molar-refractivity contribution in [3.8, 4) is 5.69 Å². The zero-order valence-electron chi connectivity index (χ0n) is 16.6. The number of aromatic nitrogens is 5. The number of urea groups is 1. The first-order valence-corrected chi connectivity index (χ1v) is 10.4. The van der Waals surface area contributed by atoms with Gasteiger partial charge in [-0.05, 0) is 36.4 Å². The van der Waals surface area contributed by atoms with Crippen LogP contribution in [0.3, 0.4) is 0 Å². The third kappa shape index (κ3) is 4.15. The fourth-order valence-corrected chi connectivity index (χ4v) is 3.80. The van der Waals surface area contributed by atoms with Gasteiger partial charge in [-0.3, -0.25) is 4.68 Å². The van der Waals surface area contributed by atoms with Gasteiger partial charge in [-0.25, -0.2) is 9.48 Å². The Bertz CT molecular complexity index is 1200. The van der Waals surface area contributed by atoms with Crippen molar-refractivity contribution in [2.75, 3.05) is 11.9 Å². The van der Waals surface area contributed by atoms with Crippen LogP contribution in [0.25, 0.3) is 5.69 Å². The number of amides is 2. The highest BCUT2D eigenvalue weighted by molar-refractivity contribution is 6.30. The Morgan fingerprint density at radius 1 is 1.10 bits per heavy atom. The Morgan fingerprint density at radius 3 is 2.71 bits per heavy atom. The number of rotatable bonds is 4. The highest BCUT2D eigenvalue weighted by Crippen LogP contribution is 2.21. The predicted octanol–water partition coefficient (Wildman–Crippen LogP) is 3.76. The molecule has 4 aromatic rings. The van der Waals surface area contributed by atoms with Crippen LogP contribution >= 0.6 is 11.6 Å². The molecular weight excluding hydrogens is 414 g/mol. The van der Waals surface area contributed by atoms with Crippen molar-refractivity contribution in [3.63, 3.8) is 0 Å². The molecule has 1 aliphatic heterocycles. The van der Waals surface area contributed by atoms with E-state index in [1.165, 1.54) is 0 Å². The van der Waals surface area contributed by atoms with E-state index in [2.05, 4.69) is 20.7 Å². The average molecular weight is 434 g/mol. The van der Waals surface area contributed by atoms with E-state index in [0.717, 1.165) is 34.7 Å². The Kier molecular flexibility index (Phi) is 5.13. The van der Waals surface area contributed by atoms with Gasteiger partial charge in [0.25, 0.3) is 0 Å². The van der Waals surface area contributed by atoms with Crippen molar-refractivity contribution < 1.29 is 4.79 Å². The summed E-state index contributed by atoms with van der Waals surface area (Å²) in [6, 6.07) is 16.8. The molecule has 0 unspecified atom stereocenters. The molecule has 3 heterocycles. The van der Waals surface area contributed by atoms with Crippen LogP contribution in [0, 0.1) is 0 Å². The lowest BCUT2D eigenvalue weighted by Crippen LogP contribution is -2.39. The molecule has 0 fully saturated rings. The maximum absolute atomic E-state index is 12.6. The minimum atomic E-state index is -0.101. The number of nitrogens with one attached hydrogen (secondary N) is 1. The molecule has 1 aliphatic rings. The number of hydrogen-bond acceptors (Lipinski definition) is 4. The number of para-hydroxylation sites is 1. The van der Waals surface area contributed by atoms with E-state index in [1.54, 1.807) is 9.58 Å². The Morgan fingerprint density at radius 2 is 1.90 bits per heavy atom. The summed E-state index contributed by atoms with van der Waals surface area (Å²) in [4.78, 5) is 14.4. The smallest absolute Gasteiger partial charge is 0.320 e. The number of nitrogens with zero attached hydrogens (tertiary/aromatic N) is 6. The topological polar surface area (TPSA) is 80.9 Å². The number of hydrogen-bond donors (Lipinski definition) is 1. The number of carbonyl (C=O) groups is 1. The van der Waals surface area contributed by atoms with Crippen LogP contribution in [0.15, 0.2) is 67.0 Å². The van der Waals surface area contributed by atoms with Gasteiger partial charge in [-0.15, -0.1) is 5.10 Å². The minimum absolute atomic E-state index is 0.101. The Balaban J connectivity index is 1.26. The third-order valence-electron chi connectivity index (χ3n) is 5.27. The standard InChI is InChI=1S/C22H20ClN7O/c23-17-6-8-20(9-7-17)29-14-19(26-27-29)15-30-21-10-11-28(13-16(21)12-24-30)22(31)25-18-4-2-1-3-5-18/h1-9,12,14H,10-11,13,15H2,(H,25,31). The van der Waals surface area contributed by atoms with E-state index in [1.807, 2.05) is 71.7 Å². The fraction of sp³-hybridized carbons (Fsp3) is 0.182. The molecule has 0 atom stereocenters. The van der Waals surface area contributed by atoms with Gasteiger partial charge in [0.1, 0.15) is 5.69 Å². The maximum atomic E-state index is 12.6. The van der Waals surface area contributed by atoms with Gasteiger partial charge in [0, 0.05) is 34.9 Å². The lowest BCUT2D eigenvalue weighted by Gasteiger charge is -2.27. The van der Waals surface area contributed by atoms with Crippen molar-refractivity contribution in [3.05, 3.63) is 89.0 Å². The van der Waals surface area contributed by atoms with Crippen molar-refractivity contribution in [1.82, 2.24) is 29.7 Å². The largest absolute Gasteiger partial charge is 0.322 e. The van der Waals surface area contributed by atoms with Crippen LogP contribution < -0.4 is 5.32 Å². The second-order valence-electron chi connectivity index (χ2n) is 7.37. The molecule has 0 bridgehead atoms. The first-order chi connectivity index (χ1) is 15.2. The summed E-state index contributed by atoms with van der Waals surface area (Å²) in [5.74, 6) is 0. The van der Waals surface area contributed by atoms with E-state index >= 15 is 0 Å². The first-order valence-electron chi connectivity index (χ1n) is 9.97. The molecule has 8 nitrogen and oxygen atoms in total. The molecular formula is C22H20ClN7O. The normalized spacial score (nSPS) is 13.1. The van der Waals surface area contributed by atoms with Crippen LogP contribution in [-0.2, 0) is 19.5 Å². The Labute approximate surface area is 184 Å². The van der Waals surface area contributed by atoms with Gasteiger partial charge in [0.15, 0.2) is 0 Å². The van der Waals surface area contributed by atoms with E-state index in [0.29, 0.717) is 24.7 Å². The summed E-state index contributed by atoms with van der Waals surface area (Å²) in [5.41, 5.74) is 4.68. The SMILES string of the molecule is O=C(Nc1ccccc1)N1CCc2c(cnn2Cc2cn(-c3ccc(Cl)cc3)nn2)C1. The van der Waals surface area contributed by atoms with Gasteiger partial charge in [-0.1, -0.05) is 35.0 Å². The summed E-state index contributed by atoms with van der Waals surface area (Å²) >= 11 is 5.95. The molecule has 5 rings (SSSR count). The highest BCUT2D eigenvalue weighted by Gasteiger charge is 2.24. The maximum Gasteiger partial charge on any atom is 0.322 e. The predicted molar refractivity (Wildman–Crippen MR) is 117 cm³/mol. The molecule has 0 spiro atoms. The summed E-state index contributed by atoms with van der Waals surface area (Å²) in [7, 11) is 0. The zero-order chi connectivity index (χ0) is 21.2. The summed E-state index contributed by atoms with van der Waals surface area (Å²) in [6.45, 7) is 1.69. The monoisotopic (exact) mass is 433 g/mol. The second-order valence-corrected chi connectivity index (χ2v) is 7.81. The van der Waals surface area contributed by atoms with Gasteiger partial charge >= 0.3 is 6.03 Å². The molecule has 0 radical (unpaired) electrons. The quantitative estimate of drug-likeness (QED) is 0.531. The molecule has 156 valence electrons. The third-order valence-corrected chi connectivity index (χ3v) is 5.52. The number of carbonyl (C=O) groups excluding carboxylic acids is 1. The van der Waals surface area contributed by atoms with Crippen LogP contribution in [0.2, 0.25) is 5.02 Å². The molecule has 2 amide bonds. The van der Waals surface area contributed by atoms with Gasteiger partial charge < -0.3 is 10.2 Å². The van der Waals surface area contributed by atoms with Crippen LogP contribution in [-0.4, -0.2) is 42.3 Å². The van der Waals surface area contributed by atoms with Crippen molar-refractivity contribution in [2.24, 2.45) is 0 Å². The summed E-state index contributed by atoms with van der Waals surface area (Å²) in [5, 5.41) is 16.6. The van der Waals surface area contributed by atoms with Crippen molar-refractivity contribution in [2.45, 2.75) is 19.5 Å². The zero-order valence-corrected chi connectivity index (χ0v) is 17.4. The molecule has 31 heavy (non-hydrogen) atoms. The first kappa shape index (κ1) is 19.3. The number of halogens is 1. The van der Waals surface area contributed by atoms with Crippen molar-refractivity contribution in [1.29, 1.82) is 0 Å². The van der Waals surface area contributed by atoms with Gasteiger partial charge in [0.05, 0.1) is 31.2 Å². The van der Waals surface area contributed by atoms with Crippen molar-refractivity contribution >= 4 is 23.3 Å². The molecule has 1 N–H and O–H groups in total. The molecule has 2 aromatic heterocycles. The molecule has 0 saturated carbocycles. The van der Waals surface area contributed by atoms with Gasteiger partial charge in [-0.2, -0.15) is 5.10 Å². The second kappa shape index (κ2) is 8.23. The lowest BCUT2D eigenvalue weighted by molar-refractivity contribution is 0.205. The van der Waals surface area contributed by atoms with Gasteiger partial charge in [0.2, 0.25) is 0 Å².